The lowest BCUT2D eigenvalue weighted by Crippen LogP contribution is -2.33. The van der Waals surface area contributed by atoms with Gasteiger partial charge in [0.25, 0.3) is 0 Å². The summed E-state index contributed by atoms with van der Waals surface area (Å²) in [7, 11) is 1.73. The first-order valence-electron chi connectivity index (χ1n) is 5.09. The molecule has 2 N–H and O–H groups in total. The average molecular weight is 208 g/mol. The van der Waals surface area contributed by atoms with E-state index in [1.54, 1.807) is 13.3 Å². The normalized spacial score (nSPS) is 25.5. The van der Waals surface area contributed by atoms with Gasteiger partial charge in [0.2, 0.25) is 0 Å². The Hall–Kier alpha value is -1.20. The third-order valence-electron chi connectivity index (χ3n) is 2.57. The fourth-order valence-corrected chi connectivity index (χ4v) is 1.77. The minimum atomic E-state index is 0.209. The lowest BCUT2D eigenvalue weighted by Gasteiger charge is -2.18. The van der Waals surface area contributed by atoms with E-state index in [2.05, 4.69) is 20.6 Å². The van der Waals surface area contributed by atoms with Crippen molar-refractivity contribution in [1.82, 2.24) is 15.3 Å². The first-order valence-corrected chi connectivity index (χ1v) is 5.09. The molecule has 0 spiro atoms. The van der Waals surface area contributed by atoms with Crippen molar-refractivity contribution in [2.24, 2.45) is 0 Å². The Labute approximate surface area is 89.3 Å². The summed E-state index contributed by atoms with van der Waals surface area (Å²) in [5.74, 6) is 1.64. The number of nitrogens with one attached hydrogen (secondary N) is 2. The van der Waals surface area contributed by atoms with Crippen LogP contribution in [0.5, 0.6) is 0 Å². The Morgan fingerprint density at radius 2 is 2.40 bits per heavy atom. The quantitative estimate of drug-likeness (QED) is 0.742. The van der Waals surface area contributed by atoms with E-state index in [0.29, 0.717) is 0 Å². The van der Waals surface area contributed by atoms with Crippen molar-refractivity contribution in [1.29, 1.82) is 0 Å². The topological polar surface area (TPSA) is 59.1 Å². The molecular formula is C10H16N4O. The van der Waals surface area contributed by atoms with Crippen LogP contribution in [0, 0.1) is 6.92 Å². The molecule has 0 saturated carbocycles. The highest BCUT2D eigenvalue weighted by atomic mass is 16.5. The number of ether oxygens (including phenoxy) is 1. The van der Waals surface area contributed by atoms with Gasteiger partial charge in [-0.1, -0.05) is 0 Å². The molecule has 2 atom stereocenters. The Bertz CT molecular complexity index is 331. The van der Waals surface area contributed by atoms with E-state index in [0.717, 1.165) is 24.7 Å². The van der Waals surface area contributed by atoms with Crippen LogP contribution in [0.2, 0.25) is 0 Å². The molecule has 1 aromatic rings. The van der Waals surface area contributed by atoms with E-state index in [-0.39, 0.29) is 12.1 Å². The molecule has 5 heteroatoms. The van der Waals surface area contributed by atoms with E-state index in [9.17, 15) is 0 Å². The molecule has 2 rings (SSSR count). The minimum Gasteiger partial charge on any atom is -0.378 e. The van der Waals surface area contributed by atoms with Crippen LogP contribution in [0.25, 0.3) is 0 Å². The molecule has 0 aliphatic carbocycles. The van der Waals surface area contributed by atoms with Gasteiger partial charge in [-0.15, -0.1) is 0 Å². The summed E-state index contributed by atoms with van der Waals surface area (Å²) in [5, 5.41) is 6.62. The van der Waals surface area contributed by atoms with Crippen LogP contribution in [0.1, 0.15) is 5.82 Å². The molecule has 15 heavy (non-hydrogen) atoms. The molecule has 5 nitrogen and oxygen atoms in total. The Morgan fingerprint density at radius 1 is 1.53 bits per heavy atom. The number of methoxy groups -OCH3 is 1. The first kappa shape index (κ1) is 10.3. The second-order valence-electron chi connectivity index (χ2n) is 3.67. The summed E-state index contributed by atoms with van der Waals surface area (Å²) in [6.45, 7) is 3.67. The molecule has 2 heterocycles. The fourth-order valence-electron chi connectivity index (χ4n) is 1.77. The molecule has 0 radical (unpaired) electrons. The predicted molar refractivity (Wildman–Crippen MR) is 57.8 cm³/mol. The summed E-state index contributed by atoms with van der Waals surface area (Å²) in [5.41, 5.74) is 0. The highest BCUT2D eigenvalue weighted by molar-refractivity contribution is 5.35. The van der Waals surface area contributed by atoms with Crippen molar-refractivity contribution < 1.29 is 4.74 Å². The Kier molecular flexibility index (Phi) is 3.13. The molecule has 1 saturated heterocycles. The molecule has 1 aliphatic heterocycles. The van der Waals surface area contributed by atoms with Crippen LogP contribution in [-0.4, -0.2) is 42.3 Å². The zero-order valence-electron chi connectivity index (χ0n) is 9.03. The molecule has 1 fully saturated rings. The van der Waals surface area contributed by atoms with Crippen LogP contribution in [0.4, 0.5) is 5.82 Å². The summed E-state index contributed by atoms with van der Waals surface area (Å²) in [4.78, 5) is 8.36. The van der Waals surface area contributed by atoms with E-state index >= 15 is 0 Å². The summed E-state index contributed by atoms with van der Waals surface area (Å²) < 4.78 is 5.36. The Balaban J connectivity index is 2.02. The number of nitrogens with zero attached hydrogens (tertiary/aromatic N) is 2. The zero-order valence-corrected chi connectivity index (χ0v) is 9.03. The molecule has 82 valence electrons. The van der Waals surface area contributed by atoms with Gasteiger partial charge >= 0.3 is 0 Å². The van der Waals surface area contributed by atoms with E-state index in [1.165, 1.54) is 0 Å². The first-order chi connectivity index (χ1) is 7.29. The van der Waals surface area contributed by atoms with Crippen LogP contribution in [0.15, 0.2) is 12.3 Å². The number of anilines is 1. The maximum absolute atomic E-state index is 5.36. The summed E-state index contributed by atoms with van der Waals surface area (Å²) in [6, 6.07) is 2.15. The number of aromatic nitrogens is 2. The van der Waals surface area contributed by atoms with Crippen molar-refractivity contribution in [3.63, 3.8) is 0 Å². The second-order valence-corrected chi connectivity index (χ2v) is 3.67. The molecule has 1 aromatic heterocycles. The molecule has 0 amide bonds. The minimum absolute atomic E-state index is 0.209. The number of aryl methyl sites for hydroxylation is 1. The SMILES string of the molecule is CO[C@H]1CNCC1Nc1ccnc(C)n1. The molecule has 0 aromatic carbocycles. The average Bonchev–Trinajstić information content (AvgIpc) is 2.65. The number of rotatable bonds is 3. The van der Waals surface area contributed by atoms with E-state index in [1.807, 2.05) is 13.0 Å². The number of hydrogen-bond donors (Lipinski definition) is 2. The van der Waals surface area contributed by atoms with E-state index < -0.39 is 0 Å². The van der Waals surface area contributed by atoms with Crippen molar-refractivity contribution in [2.75, 3.05) is 25.5 Å². The van der Waals surface area contributed by atoms with Crippen LogP contribution in [0.3, 0.4) is 0 Å². The fraction of sp³-hybridized carbons (Fsp3) is 0.600. The van der Waals surface area contributed by atoms with Crippen molar-refractivity contribution in [2.45, 2.75) is 19.1 Å². The monoisotopic (exact) mass is 208 g/mol. The third-order valence-corrected chi connectivity index (χ3v) is 2.57. The van der Waals surface area contributed by atoms with Gasteiger partial charge in [0, 0.05) is 26.4 Å². The third kappa shape index (κ3) is 2.43. The summed E-state index contributed by atoms with van der Waals surface area (Å²) >= 11 is 0. The molecule has 1 aliphatic rings. The lowest BCUT2D eigenvalue weighted by atomic mass is 10.2. The van der Waals surface area contributed by atoms with E-state index in [4.69, 9.17) is 4.74 Å². The zero-order chi connectivity index (χ0) is 10.7. The van der Waals surface area contributed by atoms with Crippen molar-refractivity contribution >= 4 is 5.82 Å². The lowest BCUT2D eigenvalue weighted by molar-refractivity contribution is 0.111. The van der Waals surface area contributed by atoms with Gasteiger partial charge in [-0.2, -0.15) is 0 Å². The standard InChI is InChI=1S/C10H16N4O/c1-7-12-4-3-10(13-7)14-8-5-11-6-9(8)15-2/h3-4,8-9,11H,5-6H2,1-2H3,(H,12,13,14)/t8?,9-/m0/s1. The smallest absolute Gasteiger partial charge is 0.129 e. The van der Waals surface area contributed by atoms with Crippen LogP contribution >= 0.6 is 0 Å². The van der Waals surface area contributed by atoms with Gasteiger partial charge in [0.15, 0.2) is 0 Å². The molecule has 1 unspecified atom stereocenters. The highest BCUT2D eigenvalue weighted by Gasteiger charge is 2.26. The van der Waals surface area contributed by atoms with Gasteiger partial charge in [-0.3, -0.25) is 0 Å². The maximum Gasteiger partial charge on any atom is 0.129 e. The van der Waals surface area contributed by atoms with Crippen molar-refractivity contribution in [3.8, 4) is 0 Å². The van der Waals surface area contributed by atoms with Gasteiger partial charge in [-0.25, -0.2) is 9.97 Å². The van der Waals surface area contributed by atoms with Gasteiger partial charge in [-0.05, 0) is 13.0 Å². The second kappa shape index (κ2) is 4.55. The number of hydrogen-bond acceptors (Lipinski definition) is 5. The summed E-state index contributed by atoms with van der Waals surface area (Å²) in [6.07, 6.45) is 1.97. The van der Waals surface area contributed by atoms with Crippen molar-refractivity contribution in [3.05, 3.63) is 18.1 Å². The van der Waals surface area contributed by atoms with Gasteiger partial charge in [0.1, 0.15) is 11.6 Å². The van der Waals surface area contributed by atoms with Crippen LogP contribution in [-0.2, 0) is 4.74 Å². The Morgan fingerprint density at radius 3 is 3.13 bits per heavy atom. The highest BCUT2D eigenvalue weighted by Crippen LogP contribution is 2.10. The van der Waals surface area contributed by atoms with Crippen LogP contribution < -0.4 is 10.6 Å². The van der Waals surface area contributed by atoms with Gasteiger partial charge < -0.3 is 15.4 Å². The molecular weight excluding hydrogens is 192 g/mol. The maximum atomic E-state index is 5.36. The largest absolute Gasteiger partial charge is 0.378 e. The van der Waals surface area contributed by atoms with Gasteiger partial charge in [0.05, 0.1) is 12.1 Å². The molecule has 0 bridgehead atoms. The predicted octanol–water partition coefficient (Wildman–Crippen LogP) is 0.184.